The Morgan fingerprint density at radius 3 is 1.82 bits per heavy atom. The van der Waals surface area contributed by atoms with Crippen LogP contribution in [0.1, 0.15) is 46.0 Å². The van der Waals surface area contributed by atoms with Crippen molar-refractivity contribution in [3.05, 3.63) is 0 Å². The second kappa shape index (κ2) is 10.9. The van der Waals surface area contributed by atoms with Crippen molar-refractivity contribution >= 4 is 16.5 Å². The first-order valence-electron chi connectivity index (χ1n) is 4.87. The van der Waals surface area contributed by atoms with Crippen molar-refractivity contribution in [1.82, 2.24) is 0 Å². The molecule has 0 spiro atoms. The Hall–Kier alpha value is 0.860. The lowest BCUT2D eigenvalue weighted by molar-refractivity contribution is 0.778. The van der Waals surface area contributed by atoms with Crippen LogP contribution >= 0.6 is 16.5 Å². The largest absolute Gasteiger partial charge is 0.0992 e. The molecule has 68 valence electrons. The summed E-state index contributed by atoms with van der Waals surface area (Å²) in [6.07, 6.45) is 10.2. The van der Waals surface area contributed by atoms with E-state index in [1.165, 1.54) is 61.0 Å². The molecule has 0 aliphatic heterocycles. The van der Waals surface area contributed by atoms with E-state index in [1.54, 1.807) is 0 Å². The van der Waals surface area contributed by atoms with E-state index in [2.05, 4.69) is 13.8 Å². The van der Waals surface area contributed by atoms with Gasteiger partial charge in [-0.1, -0.05) is 49.6 Å². The first-order chi connectivity index (χ1) is 5.41. The van der Waals surface area contributed by atoms with Gasteiger partial charge in [0, 0.05) is 0 Å². The quantitative estimate of drug-likeness (QED) is 0.398. The summed E-state index contributed by atoms with van der Waals surface area (Å²) in [6.45, 7) is 4.56. The molecule has 0 radical (unpaired) electrons. The van der Waals surface area contributed by atoms with Crippen LogP contribution in [0.25, 0.3) is 0 Å². The van der Waals surface area contributed by atoms with Gasteiger partial charge < -0.3 is 0 Å². The summed E-state index contributed by atoms with van der Waals surface area (Å²) in [5, 5.41) is 0. The fourth-order valence-corrected chi connectivity index (χ4v) is 4.34. The maximum absolute atomic E-state index is 2.28. The molecule has 0 aliphatic carbocycles. The molecule has 0 aromatic heterocycles. The number of rotatable bonds is 8. The van der Waals surface area contributed by atoms with Gasteiger partial charge in [-0.2, -0.15) is 0 Å². The molecule has 0 fully saturated rings. The lowest BCUT2D eigenvalue weighted by atomic mass is 10.3. The monoisotopic (exact) mass is 192 g/mol. The molecule has 2 atom stereocenters. The molecule has 0 saturated heterocycles. The maximum atomic E-state index is 2.28. The van der Waals surface area contributed by atoms with E-state index in [-0.39, 0.29) is 0 Å². The highest BCUT2D eigenvalue weighted by molar-refractivity contribution is 8.11. The first kappa shape index (κ1) is 11.9. The molecule has 0 saturated carbocycles. The van der Waals surface area contributed by atoms with Crippen molar-refractivity contribution in [2.24, 2.45) is 0 Å². The Kier molecular flexibility index (Phi) is 11.7. The third-order valence-corrected chi connectivity index (χ3v) is 5.39. The van der Waals surface area contributed by atoms with Gasteiger partial charge in [0.1, 0.15) is 0 Å². The van der Waals surface area contributed by atoms with Gasteiger partial charge in [-0.25, -0.2) is 0 Å². The summed E-state index contributed by atoms with van der Waals surface area (Å²) in [4.78, 5) is 0. The molecule has 0 aromatic carbocycles. The fraction of sp³-hybridized carbons (Fsp3) is 1.00. The zero-order valence-electron chi connectivity index (χ0n) is 7.95. The first-order valence-corrected chi connectivity index (χ1v) is 8.29. The minimum absolute atomic E-state index is 1.28. The van der Waals surface area contributed by atoms with Crippen LogP contribution in [0.4, 0.5) is 0 Å². The zero-order chi connectivity index (χ0) is 8.36. The predicted molar refractivity (Wildman–Crippen MR) is 60.8 cm³/mol. The van der Waals surface area contributed by atoms with Gasteiger partial charge in [0.2, 0.25) is 0 Å². The van der Waals surface area contributed by atoms with Crippen LogP contribution in [0.3, 0.4) is 0 Å². The van der Waals surface area contributed by atoms with Crippen molar-refractivity contribution in [3.8, 4) is 0 Å². The average Bonchev–Trinajstić information content (AvgIpc) is 2.03. The Morgan fingerprint density at radius 2 is 1.27 bits per heavy atom. The molecule has 2 unspecified atom stereocenters. The van der Waals surface area contributed by atoms with E-state index in [0.29, 0.717) is 0 Å². The fourth-order valence-electron chi connectivity index (χ4n) is 0.905. The summed E-state index contributed by atoms with van der Waals surface area (Å²) < 4.78 is 0. The van der Waals surface area contributed by atoms with E-state index in [1.807, 2.05) is 0 Å². The van der Waals surface area contributed by atoms with Crippen LogP contribution in [0, 0.1) is 0 Å². The molecule has 0 bridgehead atoms. The molecule has 0 heterocycles. The average molecular weight is 192 g/mol. The highest BCUT2D eigenvalue weighted by Crippen LogP contribution is 2.37. The Labute approximate surface area is 75.4 Å². The third-order valence-electron chi connectivity index (χ3n) is 1.69. The van der Waals surface area contributed by atoms with Crippen LogP contribution in [0.15, 0.2) is 0 Å². The van der Waals surface area contributed by atoms with E-state index >= 15 is 0 Å². The maximum Gasteiger partial charge on any atom is -0.0317 e. The molecule has 0 rings (SSSR count). The standard InChI is InChI=1S/C9H22P2/c1-3-5-7-9-11-10-8-6-4-2/h10-11H,3-9H2,1-2H3. The lowest BCUT2D eigenvalue weighted by Gasteiger charge is -1.99. The molecule has 0 aliphatic rings. The molecule has 0 amide bonds. The summed E-state index contributed by atoms with van der Waals surface area (Å²) in [7, 11) is 2.56. The Morgan fingerprint density at radius 1 is 0.727 bits per heavy atom. The topological polar surface area (TPSA) is 0 Å². The SMILES string of the molecule is CCCCCPPCCCC. The molecule has 0 N–H and O–H groups in total. The van der Waals surface area contributed by atoms with E-state index in [9.17, 15) is 0 Å². The van der Waals surface area contributed by atoms with Crippen molar-refractivity contribution in [1.29, 1.82) is 0 Å². The lowest BCUT2D eigenvalue weighted by Crippen LogP contribution is -1.75. The summed E-state index contributed by atoms with van der Waals surface area (Å²) >= 11 is 0. The number of unbranched alkanes of at least 4 members (excludes halogenated alkanes) is 3. The van der Waals surface area contributed by atoms with Crippen molar-refractivity contribution in [3.63, 3.8) is 0 Å². The molecule has 2 heteroatoms. The highest BCUT2D eigenvalue weighted by atomic mass is 32.0. The highest BCUT2D eigenvalue weighted by Gasteiger charge is 1.88. The molecular formula is C9H22P2. The van der Waals surface area contributed by atoms with Gasteiger partial charge >= 0.3 is 0 Å². The Bertz CT molecular complexity index is 56.6. The summed E-state index contributed by atoms with van der Waals surface area (Å²) in [5.41, 5.74) is 0. The van der Waals surface area contributed by atoms with Crippen LogP contribution < -0.4 is 0 Å². The van der Waals surface area contributed by atoms with Crippen LogP contribution in [0.5, 0.6) is 0 Å². The zero-order valence-corrected chi connectivity index (χ0v) is 9.95. The molecule has 0 aromatic rings. The van der Waals surface area contributed by atoms with Gasteiger partial charge in [-0.3, -0.25) is 0 Å². The van der Waals surface area contributed by atoms with Crippen molar-refractivity contribution in [2.75, 3.05) is 12.3 Å². The second-order valence-corrected chi connectivity index (χ2v) is 6.74. The normalized spacial score (nSPS) is 12.5. The minimum atomic E-state index is 1.28. The van der Waals surface area contributed by atoms with Crippen LogP contribution in [0.2, 0.25) is 0 Å². The number of hydrogen-bond donors (Lipinski definition) is 0. The third kappa shape index (κ3) is 10.9. The van der Waals surface area contributed by atoms with Gasteiger partial charge in [-0.05, 0) is 25.2 Å². The van der Waals surface area contributed by atoms with Gasteiger partial charge in [0.15, 0.2) is 0 Å². The van der Waals surface area contributed by atoms with Gasteiger partial charge in [-0.15, -0.1) is 0 Å². The molecule has 11 heavy (non-hydrogen) atoms. The summed E-state index contributed by atoms with van der Waals surface area (Å²) in [6, 6.07) is 0. The molecule has 0 nitrogen and oxygen atoms in total. The summed E-state index contributed by atoms with van der Waals surface area (Å²) in [5.74, 6) is 0. The van der Waals surface area contributed by atoms with E-state index < -0.39 is 0 Å². The number of hydrogen-bond acceptors (Lipinski definition) is 0. The van der Waals surface area contributed by atoms with Crippen molar-refractivity contribution < 1.29 is 0 Å². The van der Waals surface area contributed by atoms with Gasteiger partial charge in [0.05, 0.1) is 0 Å². The van der Waals surface area contributed by atoms with E-state index in [0.717, 1.165) is 0 Å². The Balaban J connectivity index is 2.69. The minimum Gasteiger partial charge on any atom is -0.0992 e. The van der Waals surface area contributed by atoms with Crippen molar-refractivity contribution in [2.45, 2.75) is 46.0 Å². The van der Waals surface area contributed by atoms with Gasteiger partial charge in [0.25, 0.3) is 0 Å². The smallest absolute Gasteiger partial charge is 0.0317 e. The molecular weight excluding hydrogens is 170 g/mol. The van der Waals surface area contributed by atoms with Crippen LogP contribution in [-0.4, -0.2) is 12.3 Å². The second-order valence-electron chi connectivity index (χ2n) is 2.91. The van der Waals surface area contributed by atoms with Crippen LogP contribution in [-0.2, 0) is 0 Å². The van der Waals surface area contributed by atoms with E-state index in [4.69, 9.17) is 0 Å². The predicted octanol–water partition coefficient (Wildman–Crippen LogP) is 4.25.